The minimum absolute atomic E-state index is 0.503. The largest absolute Gasteiger partial charge is 0.487 e. The first-order chi connectivity index (χ1) is 10.3. The van der Waals surface area contributed by atoms with Crippen molar-refractivity contribution in [3.63, 3.8) is 0 Å². The fraction of sp³-hybridized carbons (Fsp3) is 0.0556. The van der Waals surface area contributed by atoms with E-state index in [1.165, 1.54) is 0 Å². The third-order valence-electron chi connectivity index (χ3n) is 3.13. The van der Waals surface area contributed by atoms with Crippen LogP contribution in [0.4, 0.5) is 0 Å². The van der Waals surface area contributed by atoms with E-state index in [9.17, 15) is 0 Å². The van der Waals surface area contributed by atoms with E-state index >= 15 is 0 Å². The molecule has 2 aromatic carbocycles. The molecule has 1 aromatic heterocycles. The van der Waals surface area contributed by atoms with Crippen molar-refractivity contribution < 1.29 is 4.74 Å². The van der Waals surface area contributed by atoms with Crippen molar-refractivity contribution in [2.75, 3.05) is 0 Å². The lowest BCUT2D eigenvalue weighted by Crippen LogP contribution is -1.95. The van der Waals surface area contributed by atoms with Gasteiger partial charge in [-0.05, 0) is 35.9 Å². The third-order valence-corrected chi connectivity index (χ3v) is 3.43. The summed E-state index contributed by atoms with van der Waals surface area (Å²) in [6.07, 6.45) is 1.77. The summed E-state index contributed by atoms with van der Waals surface area (Å²) in [5.74, 6) is 0.681. The van der Waals surface area contributed by atoms with E-state index < -0.39 is 0 Å². The Morgan fingerprint density at radius 2 is 1.71 bits per heavy atom. The number of benzene rings is 2. The van der Waals surface area contributed by atoms with Crippen molar-refractivity contribution in [2.24, 2.45) is 0 Å². The lowest BCUT2D eigenvalue weighted by Gasteiger charge is -2.09. The van der Waals surface area contributed by atoms with Gasteiger partial charge in [0, 0.05) is 11.8 Å². The van der Waals surface area contributed by atoms with E-state index in [0.29, 0.717) is 17.4 Å². The Hall–Kier alpha value is -2.32. The van der Waals surface area contributed by atoms with Crippen LogP contribution in [-0.4, -0.2) is 4.98 Å². The van der Waals surface area contributed by atoms with Gasteiger partial charge in [0.25, 0.3) is 0 Å². The summed E-state index contributed by atoms with van der Waals surface area (Å²) in [4.78, 5) is 4.31. The first-order valence-electron chi connectivity index (χ1n) is 6.70. The van der Waals surface area contributed by atoms with Crippen molar-refractivity contribution in [2.45, 2.75) is 6.61 Å². The molecule has 3 heteroatoms. The number of aromatic nitrogens is 1. The zero-order valence-corrected chi connectivity index (χ0v) is 12.1. The van der Waals surface area contributed by atoms with Gasteiger partial charge >= 0.3 is 0 Å². The minimum Gasteiger partial charge on any atom is -0.487 e. The summed E-state index contributed by atoms with van der Waals surface area (Å²) in [6.45, 7) is 0.503. The Morgan fingerprint density at radius 1 is 0.905 bits per heavy atom. The first kappa shape index (κ1) is 13.7. The van der Waals surface area contributed by atoms with Crippen LogP contribution < -0.4 is 4.74 Å². The number of nitrogens with zero attached hydrogens (tertiary/aromatic N) is 1. The zero-order chi connectivity index (χ0) is 14.5. The van der Waals surface area contributed by atoms with Crippen LogP contribution in [-0.2, 0) is 6.61 Å². The van der Waals surface area contributed by atoms with E-state index in [4.69, 9.17) is 16.3 Å². The summed E-state index contributed by atoms with van der Waals surface area (Å²) < 4.78 is 5.76. The highest BCUT2D eigenvalue weighted by Gasteiger charge is 2.05. The van der Waals surface area contributed by atoms with Gasteiger partial charge in [-0.15, -0.1) is 0 Å². The molecule has 21 heavy (non-hydrogen) atoms. The summed E-state index contributed by atoms with van der Waals surface area (Å²) in [7, 11) is 0. The molecule has 0 radical (unpaired) electrons. The molecule has 0 saturated carbocycles. The summed E-state index contributed by atoms with van der Waals surface area (Å²) in [6, 6.07) is 21.5. The molecule has 3 rings (SSSR count). The maximum Gasteiger partial charge on any atom is 0.138 e. The lowest BCUT2D eigenvalue weighted by molar-refractivity contribution is 0.306. The van der Waals surface area contributed by atoms with Crippen LogP contribution in [0.15, 0.2) is 72.9 Å². The summed E-state index contributed by atoms with van der Waals surface area (Å²) in [5, 5.41) is 0.592. The number of halogens is 1. The number of ether oxygens (including phenoxy) is 1. The molecular formula is C18H14ClNO. The molecule has 0 amide bonds. The second-order valence-corrected chi connectivity index (χ2v) is 5.04. The monoisotopic (exact) mass is 295 g/mol. The molecule has 0 N–H and O–H groups in total. The molecular weight excluding hydrogens is 282 g/mol. The van der Waals surface area contributed by atoms with Gasteiger partial charge in [0.1, 0.15) is 12.4 Å². The third kappa shape index (κ3) is 3.41. The van der Waals surface area contributed by atoms with Crippen molar-refractivity contribution in [3.05, 3.63) is 83.5 Å². The average molecular weight is 296 g/mol. The van der Waals surface area contributed by atoms with E-state index in [2.05, 4.69) is 4.98 Å². The molecule has 0 unspecified atom stereocenters. The average Bonchev–Trinajstić information content (AvgIpc) is 2.55. The van der Waals surface area contributed by atoms with E-state index in [0.717, 1.165) is 16.8 Å². The van der Waals surface area contributed by atoms with Crippen LogP contribution >= 0.6 is 11.6 Å². The number of pyridine rings is 1. The van der Waals surface area contributed by atoms with E-state index in [-0.39, 0.29) is 0 Å². The van der Waals surface area contributed by atoms with Gasteiger partial charge < -0.3 is 4.74 Å². The maximum atomic E-state index is 6.29. The van der Waals surface area contributed by atoms with Gasteiger partial charge in [-0.1, -0.05) is 48.0 Å². The van der Waals surface area contributed by atoms with Crippen molar-refractivity contribution >= 4 is 11.6 Å². The van der Waals surface area contributed by atoms with Crippen LogP contribution in [0.25, 0.3) is 11.3 Å². The van der Waals surface area contributed by atoms with Crippen LogP contribution in [0, 0.1) is 0 Å². The van der Waals surface area contributed by atoms with Crippen molar-refractivity contribution in [1.29, 1.82) is 0 Å². The van der Waals surface area contributed by atoms with Crippen LogP contribution in [0.5, 0.6) is 5.75 Å². The highest BCUT2D eigenvalue weighted by molar-refractivity contribution is 6.32. The molecule has 0 spiro atoms. The molecule has 104 valence electrons. The normalized spacial score (nSPS) is 10.3. The number of rotatable bonds is 4. The number of hydrogen-bond acceptors (Lipinski definition) is 2. The summed E-state index contributed by atoms with van der Waals surface area (Å²) >= 11 is 6.29. The Morgan fingerprint density at radius 3 is 2.43 bits per heavy atom. The molecule has 0 saturated heterocycles. The van der Waals surface area contributed by atoms with Gasteiger partial charge in [0.05, 0.1) is 10.7 Å². The van der Waals surface area contributed by atoms with Crippen LogP contribution in [0.3, 0.4) is 0 Å². The zero-order valence-electron chi connectivity index (χ0n) is 11.4. The predicted molar refractivity (Wildman–Crippen MR) is 85.5 cm³/mol. The first-order valence-corrected chi connectivity index (χ1v) is 7.08. The van der Waals surface area contributed by atoms with Crippen molar-refractivity contribution in [1.82, 2.24) is 4.98 Å². The molecule has 2 nitrogen and oxygen atoms in total. The van der Waals surface area contributed by atoms with Gasteiger partial charge in [0.15, 0.2) is 0 Å². The second-order valence-electron chi connectivity index (χ2n) is 4.63. The van der Waals surface area contributed by atoms with Crippen molar-refractivity contribution in [3.8, 4) is 17.0 Å². The fourth-order valence-corrected chi connectivity index (χ4v) is 2.28. The van der Waals surface area contributed by atoms with Gasteiger partial charge in [0.2, 0.25) is 0 Å². The standard InChI is InChI=1S/C18H14ClNO/c19-16-12-15(17-8-4-5-11-20-17)9-10-18(16)21-13-14-6-2-1-3-7-14/h1-12H,13H2. The minimum atomic E-state index is 0.503. The molecule has 0 aliphatic rings. The second kappa shape index (κ2) is 6.42. The maximum absolute atomic E-state index is 6.29. The smallest absolute Gasteiger partial charge is 0.138 e. The molecule has 0 aliphatic carbocycles. The molecule has 0 bridgehead atoms. The Bertz CT molecular complexity index is 714. The molecule has 0 fully saturated rings. The predicted octanol–water partition coefficient (Wildman–Crippen LogP) is 4.98. The van der Waals surface area contributed by atoms with E-state index in [1.807, 2.05) is 66.7 Å². The molecule has 0 aliphatic heterocycles. The molecule has 3 aromatic rings. The van der Waals surface area contributed by atoms with Crippen LogP contribution in [0.2, 0.25) is 5.02 Å². The Balaban J connectivity index is 1.76. The fourth-order valence-electron chi connectivity index (χ4n) is 2.05. The topological polar surface area (TPSA) is 22.1 Å². The van der Waals surface area contributed by atoms with Gasteiger partial charge in [-0.25, -0.2) is 0 Å². The highest BCUT2D eigenvalue weighted by Crippen LogP contribution is 2.30. The molecule has 0 atom stereocenters. The van der Waals surface area contributed by atoms with E-state index in [1.54, 1.807) is 6.20 Å². The quantitative estimate of drug-likeness (QED) is 0.677. The molecule has 1 heterocycles. The number of hydrogen-bond donors (Lipinski definition) is 0. The Kier molecular flexibility index (Phi) is 4.17. The summed E-state index contributed by atoms with van der Waals surface area (Å²) in [5.41, 5.74) is 2.99. The SMILES string of the molecule is Clc1cc(-c2ccccn2)ccc1OCc1ccccc1. The Labute approximate surface area is 129 Å². The van der Waals surface area contributed by atoms with Crippen LogP contribution in [0.1, 0.15) is 5.56 Å². The highest BCUT2D eigenvalue weighted by atomic mass is 35.5. The van der Waals surface area contributed by atoms with Gasteiger partial charge in [-0.2, -0.15) is 0 Å². The lowest BCUT2D eigenvalue weighted by atomic mass is 10.1. The van der Waals surface area contributed by atoms with Gasteiger partial charge in [-0.3, -0.25) is 4.98 Å².